The third kappa shape index (κ3) is 4.90. The van der Waals surface area contributed by atoms with Crippen molar-refractivity contribution in [2.75, 3.05) is 45.2 Å². The standard InChI is InChI=1S/C21H27FN4O2.2ClH/c1-14-19(16-6-7-18(28-3)17(22)12-16)23-26(13-15-4-5-15)21(27)20(14)25-10-8-24(2)9-11-25;;/h6-7,12,15H,4-5,8-11,13H2,1-3H3;2*1H. The Labute approximate surface area is 188 Å². The van der Waals surface area contributed by atoms with E-state index in [1.165, 1.54) is 13.2 Å². The molecular formula is C21H29Cl2FN4O2. The van der Waals surface area contributed by atoms with E-state index < -0.39 is 5.82 Å². The van der Waals surface area contributed by atoms with Gasteiger partial charge in [-0.05, 0) is 50.9 Å². The number of likely N-dealkylation sites (N-methyl/N-ethyl adjacent to an activating group) is 1. The van der Waals surface area contributed by atoms with Gasteiger partial charge in [0.2, 0.25) is 0 Å². The largest absolute Gasteiger partial charge is 0.494 e. The summed E-state index contributed by atoms with van der Waals surface area (Å²) in [5, 5.41) is 4.65. The summed E-state index contributed by atoms with van der Waals surface area (Å²) in [7, 11) is 3.54. The zero-order chi connectivity index (χ0) is 19.8. The Kier molecular flexibility index (Phi) is 8.13. The lowest BCUT2D eigenvalue weighted by Crippen LogP contribution is -2.47. The van der Waals surface area contributed by atoms with Gasteiger partial charge in [-0.1, -0.05) is 0 Å². The summed E-state index contributed by atoms with van der Waals surface area (Å²) < 4.78 is 21.0. The summed E-state index contributed by atoms with van der Waals surface area (Å²) in [6.45, 7) is 5.98. The van der Waals surface area contributed by atoms with Gasteiger partial charge in [0, 0.05) is 43.9 Å². The summed E-state index contributed by atoms with van der Waals surface area (Å²) in [5.74, 6) is 0.294. The molecule has 6 nitrogen and oxygen atoms in total. The first kappa shape index (κ1) is 24.4. The van der Waals surface area contributed by atoms with Crippen molar-refractivity contribution in [1.29, 1.82) is 0 Å². The van der Waals surface area contributed by atoms with E-state index in [9.17, 15) is 9.18 Å². The van der Waals surface area contributed by atoms with Crippen LogP contribution in [0.3, 0.4) is 0 Å². The monoisotopic (exact) mass is 458 g/mol. The first-order chi connectivity index (χ1) is 13.5. The minimum atomic E-state index is -0.428. The number of hydrogen-bond acceptors (Lipinski definition) is 5. The molecule has 1 aliphatic carbocycles. The Morgan fingerprint density at radius 3 is 2.40 bits per heavy atom. The van der Waals surface area contributed by atoms with Crippen molar-refractivity contribution >= 4 is 30.5 Å². The van der Waals surface area contributed by atoms with Gasteiger partial charge in [-0.3, -0.25) is 4.79 Å². The molecule has 2 fully saturated rings. The predicted octanol–water partition coefficient (Wildman–Crippen LogP) is 3.37. The lowest BCUT2D eigenvalue weighted by molar-refractivity contribution is 0.312. The third-order valence-corrected chi connectivity index (χ3v) is 5.74. The summed E-state index contributed by atoms with van der Waals surface area (Å²) >= 11 is 0. The van der Waals surface area contributed by atoms with Crippen LogP contribution in [0.5, 0.6) is 5.75 Å². The second kappa shape index (κ2) is 9.98. The molecule has 2 heterocycles. The van der Waals surface area contributed by atoms with Crippen LogP contribution in [-0.2, 0) is 6.54 Å². The van der Waals surface area contributed by atoms with Crippen molar-refractivity contribution in [3.63, 3.8) is 0 Å². The zero-order valence-corrected chi connectivity index (χ0v) is 19.2. The molecule has 2 aliphatic rings. The van der Waals surface area contributed by atoms with Crippen LogP contribution in [0.1, 0.15) is 18.4 Å². The zero-order valence-electron chi connectivity index (χ0n) is 17.6. The first-order valence-electron chi connectivity index (χ1n) is 9.87. The van der Waals surface area contributed by atoms with Crippen LogP contribution in [0.4, 0.5) is 10.1 Å². The van der Waals surface area contributed by atoms with Crippen molar-refractivity contribution in [3.05, 3.63) is 39.9 Å². The number of halogens is 3. The lowest BCUT2D eigenvalue weighted by atomic mass is 10.0. The number of benzene rings is 1. The van der Waals surface area contributed by atoms with E-state index in [1.807, 2.05) is 6.92 Å². The van der Waals surface area contributed by atoms with Gasteiger partial charge in [0.25, 0.3) is 5.56 Å². The number of aromatic nitrogens is 2. The second-order valence-corrected chi connectivity index (χ2v) is 7.89. The average Bonchev–Trinajstić information content (AvgIpc) is 3.49. The molecule has 0 unspecified atom stereocenters. The minimum absolute atomic E-state index is 0. The van der Waals surface area contributed by atoms with Crippen molar-refractivity contribution in [2.24, 2.45) is 5.92 Å². The summed E-state index contributed by atoms with van der Waals surface area (Å²) in [5.41, 5.74) is 2.80. The van der Waals surface area contributed by atoms with Crippen molar-refractivity contribution in [1.82, 2.24) is 14.7 Å². The normalized spacial score (nSPS) is 16.6. The fraction of sp³-hybridized carbons (Fsp3) is 0.524. The number of piperazine rings is 1. The molecule has 0 bridgehead atoms. The first-order valence-corrected chi connectivity index (χ1v) is 9.87. The van der Waals surface area contributed by atoms with E-state index in [0.29, 0.717) is 29.4 Å². The van der Waals surface area contributed by atoms with Crippen LogP contribution in [0.15, 0.2) is 23.0 Å². The van der Waals surface area contributed by atoms with Crippen LogP contribution >= 0.6 is 24.8 Å². The van der Waals surface area contributed by atoms with E-state index in [4.69, 9.17) is 4.74 Å². The fourth-order valence-corrected chi connectivity index (χ4v) is 3.80. The van der Waals surface area contributed by atoms with Gasteiger partial charge in [0.1, 0.15) is 5.69 Å². The van der Waals surface area contributed by atoms with Gasteiger partial charge in [-0.25, -0.2) is 9.07 Å². The van der Waals surface area contributed by atoms with Crippen molar-refractivity contribution in [2.45, 2.75) is 26.3 Å². The Hall–Kier alpha value is -1.83. The predicted molar refractivity (Wildman–Crippen MR) is 122 cm³/mol. The molecule has 4 rings (SSSR count). The van der Waals surface area contributed by atoms with E-state index >= 15 is 0 Å². The maximum Gasteiger partial charge on any atom is 0.290 e. The molecule has 1 aliphatic heterocycles. The van der Waals surface area contributed by atoms with Crippen LogP contribution in [0.25, 0.3) is 11.3 Å². The molecule has 0 amide bonds. The SMILES string of the molecule is COc1ccc(-c2nn(CC3CC3)c(=O)c(N3CCN(C)CC3)c2C)cc1F.Cl.Cl. The molecule has 2 aromatic rings. The molecule has 0 radical (unpaired) electrons. The Bertz CT molecular complexity index is 941. The molecule has 1 aromatic heterocycles. The number of hydrogen-bond donors (Lipinski definition) is 0. The van der Waals surface area contributed by atoms with Gasteiger partial charge in [0.15, 0.2) is 11.6 Å². The minimum Gasteiger partial charge on any atom is -0.494 e. The molecule has 9 heteroatoms. The number of anilines is 1. The van der Waals surface area contributed by atoms with Gasteiger partial charge in [-0.15, -0.1) is 24.8 Å². The van der Waals surface area contributed by atoms with Crippen molar-refractivity contribution < 1.29 is 9.13 Å². The highest BCUT2D eigenvalue weighted by molar-refractivity contribution is 5.85. The molecule has 0 N–H and O–H groups in total. The average molecular weight is 459 g/mol. The van der Waals surface area contributed by atoms with E-state index in [1.54, 1.807) is 16.8 Å². The van der Waals surface area contributed by atoms with Crippen LogP contribution in [-0.4, -0.2) is 55.0 Å². The van der Waals surface area contributed by atoms with Crippen LogP contribution < -0.4 is 15.2 Å². The maximum absolute atomic E-state index is 14.3. The van der Waals surface area contributed by atoms with Crippen LogP contribution in [0.2, 0.25) is 0 Å². The summed E-state index contributed by atoms with van der Waals surface area (Å²) in [4.78, 5) is 17.7. The van der Waals surface area contributed by atoms with Gasteiger partial charge in [-0.2, -0.15) is 5.10 Å². The van der Waals surface area contributed by atoms with E-state index in [0.717, 1.165) is 44.6 Å². The number of rotatable bonds is 5. The Morgan fingerprint density at radius 2 is 1.83 bits per heavy atom. The highest BCUT2D eigenvalue weighted by atomic mass is 35.5. The quantitative estimate of drug-likeness (QED) is 0.687. The summed E-state index contributed by atoms with van der Waals surface area (Å²) in [6.07, 6.45) is 2.27. The van der Waals surface area contributed by atoms with E-state index in [-0.39, 0.29) is 36.1 Å². The van der Waals surface area contributed by atoms with E-state index in [2.05, 4.69) is 21.9 Å². The molecule has 1 aromatic carbocycles. The smallest absolute Gasteiger partial charge is 0.290 e. The number of nitrogens with zero attached hydrogens (tertiary/aromatic N) is 4. The van der Waals surface area contributed by atoms with Crippen LogP contribution in [0, 0.1) is 18.7 Å². The van der Waals surface area contributed by atoms with Gasteiger partial charge >= 0.3 is 0 Å². The number of methoxy groups -OCH3 is 1. The highest BCUT2D eigenvalue weighted by Crippen LogP contribution is 2.32. The molecule has 0 spiro atoms. The topological polar surface area (TPSA) is 50.6 Å². The molecule has 1 saturated carbocycles. The molecule has 1 saturated heterocycles. The third-order valence-electron chi connectivity index (χ3n) is 5.74. The Morgan fingerprint density at radius 1 is 1.17 bits per heavy atom. The molecular weight excluding hydrogens is 430 g/mol. The fourth-order valence-electron chi connectivity index (χ4n) is 3.80. The lowest BCUT2D eigenvalue weighted by Gasteiger charge is -2.34. The molecule has 30 heavy (non-hydrogen) atoms. The summed E-state index contributed by atoms with van der Waals surface area (Å²) in [6, 6.07) is 4.85. The molecule has 0 atom stereocenters. The molecule has 166 valence electrons. The van der Waals surface area contributed by atoms with Crippen molar-refractivity contribution in [3.8, 4) is 17.0 Å². The second-order valence-electron chi connectivity index (χ2n) is 7.89. The maximum atomic E-state index is 14.3. The Balaban J connectivity index is 0.00000160. The van der Waals surface area contributed by atoms with Gasteiger partial charge in [0.05, 0.1) is 12.8 Å². The number of ether oxygens (including phenoxy) is 1. The van der Waals surface area contributed by atoms with Gasteiger partial charge < -0.3 is 14.5 Å². The highest BCUT2D eigenvalue weighted by Gasteiger charge is 2.27.